The lowest BCUT2D eigenvalue weighted by Gasteiger charge is -2.24. The summed E-state index contributed by atoms with van der Waals surface area (Å²) in [4.78, 5) is 26.3. The van der Waals surface area contributed by atoms with Gasteiger partial charge in [0.25, 0.3) is 0 Å². The monoisotopic (exact) mass is 964 g/mol. The van der Waals surface area contributed by atoms with E-state index < -0.39 is 18.2 Å². The lowest BCUT2D eigenvalue weighted by molar-refractivity contribution is -0.151. The normalized spacial score (nSPS) is 13.6. The van der Waals surface area contributed by atoms with E-state index in [0.29, 0.717) is 19.3 Å². The van der Waals surface area contributed by atoms with Crippen molar-refractivity contribution in [3.8, 4) is 0 Å². The maximum atomic E-state index is 13.3. The van der Waals surface area contributed by atoms with Crippen molar-refractivity contribution in [2.75, 3.05) is 6.61 Å². The van der Waals surface area contributed by atoms with Crippen LogP contribution in [0.2, 0.25) is 0 Å². The van der Waals surface area contributed by atoms with Crippen molar-refractivity contribution >= 4 is 11.9 Å². The quantitative estimate of drug-likeness (QED) is 0.0244. The number of esters is 1. The highest BCUT2D eigenvalue weighted by atomic mass is 16.5. The third kappa shape index (κ3) is 51.5. The molecule has 0 aliphatic carbocycles. The van der Waals surface area contributed by atoms with Gasteiger partial charge in [-0.05, 0) is 83.5 Å². The van der Waals surface area contributed by atoms with Crippen LogP contribution in [-0.4, -0.2) is 46.9 Å². The van der Waals surface area contributed by atoms with Crippen molar-refractivity contribution in [3.05, 3.63) is 72.9 Å². The fourth-order valence-corrected chi connectivity index (χ4v) is 8.83. The van der Waals surface area contributed by atoms with E-state index in [1.54, 1.807) is 0 Å². The first-order valence-corrected chi connectivity index (χ1v) is 29.7. The molecule has 0 bridgehead atoms. The minimum atomic E-state index is -0.798. The topological polar surface area (TPSA) is 95.9 Å². The average molecular weight is 965 g/mol. The number of aliphatic hydroxyl groups is 2. The first-order valence-electron chi connectivity index (χ1n) is 29.7. The largest absolute Gasteiger partial charge is 0.462 e. The van der Waals surface area contributed by atoms with Crippen molar-refractivity contribution in [3.63, 3.8) is 0 Å². The van der Waals surface area contributed by atoms with E-state index in [1.807, 2.05) is 0 Å². The molecule has 400 valence electrons. The number of aliphatic hydroxyl groups excluding tert-OH is 2. The van der Waals surface area contributed by atoms with Crippen molar-refractivity contribution in [2.45, 2.75) is 309 Å². The predicted molar refractivity (Wildman–Crippen MR) is 301 cm³/mol. The second-order valence-corrected chi connectivity index (χ2v) is 20.1. The Balaban J connectivity index is 4.63. The van der Waals surface area contributed by atoms with Crippen LogP contribution in [0.25, 0.3) is 0 Å². The summed E-state index contributed by atoms with van der Waals surface area (Å²) in [6, 6.07) is -0.713. The van der Waals surface area contributed by atoms with Crippen LogP contribution in [0.4, 0.5) is 0 Å². The summed E-state index contributed by atoms with van der Waals surface area (Å²) in [5.41, 5.74) is 0. The van der Waals surface area contributed by atoms with E-state index in [4.69, 9.17) is 4.74 Å². The minimum Gasteiger partial charge on any atom is -0.462 e. The summed E-state index contributed by atoms with van der Waals surface area (Å²) in [6.07, 6.45) is 72.4. The van der Waals surface area contributed by atoms with Gasteiger partial charge in [-0.25, -0.2) is 0 Å². The first-order chi connectivity index (χ1) is 34.0. The molecule has 69 heavy (non-hydrogen) atoms. The van der Waals surface area contributed by atoms with E-state index in [2.05, 4.69) is 99.0 Å². The maximum absolute atomic E-state index is 13.3. The van der Waals surface area contributed by atoms with Crippen LogP contribution in [-0.2, 0) is 14.3 Å². The standard InChI is InChI=1S/C63H113NO5/c1-4-7-10-13-16-19-22-25-28-30-32-35-38-41-44-47-50-53-56-63(68)69-59(54-51-48-45-42-39-36-34-31-29-26-23-20-17-14-11-8-5-2)57-62(67)64-60(58-65)61(66)55-52-49-46-43-40-37-33-27-24-21-18-15-12-9-6-3/h16-17,19-20,22,25-26,28-30,32,35,59-61,65-66H,4-15,18,21,23-24,27,31,33-34,36-58H2,1-3H3,(H,64,67)/b19-16+,20-17-,25-22+,29-26-,30-28+,35-32+. The predicted octanol–water partition coefficient (Wildman–Crippen LogP) is 18.5. The number of hydrogen-bond acceptors (Lipinski definition) is 5. The fourth-order valence-electron chi connectivity index (χ4n) is 8.83. The average Bonchev–Trinajstić information content (AvgIpc) is 3.34. The first kappa shape index (κ1) is 66.3. The van der Waals surface area contributed by atoms with Gasteiger partial charge in [0.2, 0.25) is 5.91 Å². The molecule has 0 aliphatic heterocycles. The molecular weight excluding hydrogens is 851 g/mol. The van der Waals surface area contributed by atoms with Crippen LogP contribution < -0.4 is 5.32 Å². The molecule has 0 rings (SSSR count). The summed E-state index contributed by atoms with van der Waals surface area (Å²) in [5.74, 6) is -0.502. The second-order valence-electron chi connectivity index (χ2n) is 20.1. The van der Waals surface area contributed by atoms with Gasteiger partial charge in [-0.1, -0.05) is 267 Å². The summed E-state index contributed by atoms with van der Waals surface area (Å²) >= 11 is 0. The van der Waals surface area contributed by atoms with Gasteiger partial charge in [-0.15, -0.1) is 0 Å². The van der Waals surface area contributed by atoms with Gasteiger partial charge in [-0.3, -0.25) is 9.59 Å². The summed E-state index contributed by atoms with van der Waals surface area (Å²) < 4.78 is 5.96. The molecule has 0 radical (unpaired) electrons. The highest BCUT2D eigenvalue weighted by molar-refractivity contribution is 5.77. The summed E-state index contributed by atoms with van der Waals surface area (Å²) in [6.45, 7) is 6.44. The molecule has 3 N–H and O–H groups in total. The molecule has 0 saturated heterocycles. The SMILES string of the molecule is CCCCC/C=C\C/C=C\CCCCCCCCCC(CC(=O)NC(CO)C(O)CCCCCCCCCCCCCCCCC)OC(=O)CCCCCCC/C=C/C=C/C=C/C=C/CCCCC. The van der Waals surface area contributed by atoms with Crippen molar-refractivity contribution in [1.82, 2.24) is 5.32 Å². The molecule has 6 nitrogen and oxygen atoms in total. The zero-order valence-corrected chi connectivity index (χ0v) is 45.7. The van der Waals surface area contributed by atoms with Crippen LogP contribution in [0.3, 0.4) is 0 Å². The number of nitrogens with one attached hydrogen (secondary N) is 1. The van der Waals surface area contributed by atoms with E-state index in [1.165, 1.54) is 148 Å². The Morgan fingerprint density at radius 3 is 1.26 bits per heavy atom. The molecule has 3 atom stereocenters. The molecule has 1 amide bonds. The molecule has 0 aromatic rings. The number of allylic oxidation sites excluding steroid dienone is 12. The van der Waals surface area contributed by atoms with Gasteiger partial charge in [-0.2, -0.15) is 0 Å². The van der Waals surface area contributed by atoms with Gasteiger partial charge < -0.3 is 20.3 Å². The van der Waals surface area contributed by atoms with Crippen LogP contribution in [0.5, 0.6) is 0 Å². The van der Waals surface area contributed by atoms with E-state index in [-0.39, 0.29) is 24.9 Å². The summed E-state index contributed by atoms with van der Waals surface area (Å²) in [5, 5.41) is 23.9. The van der Waals surface area contributed by atoms with E-state index in [9.17, 15) is 19.8 Å². The molecule has 0 aliphatic rings. The molecule has 3 unspecified atom stereocenters. The van der Waals surface area contributed by atoms with Crippen LogP contribution in [0, 0.1) is 0 Å². The van der Waals surface area contributed by atoms with Crippen LogP contribution in [0.15, 0.2) is 72.9 Å². The highest BCUT2D eigenvalue weighted by Gasteiger charge is 2.24. The Hall–Kier alpha value is -2.70. The van der Waals surface area contributed by atoms with Gasteiger partial charge in [0, 0.05) is 6.42 Å². The smallest absolute Gasteiger partial charge is 0.306 e. The zero-order chi connectivity index (χ0) is 50.2. The van der Waals surface area contributed by atoms with Gasteiger partial charge in [0.1, 0.15) is 6.10 Å². The van der Waals surface area contributed by atoms with Crippen molar-refractivity contribution in [2.24, 2.45) is 0 Å². The number of rotatable bonds is 53. The third-order valence-corrected chi connectivity index (χ3v) is 13.4. The van der Waals surface area contributed by atoms with Gasteiger partial charge in [0.15, 0.2) is 0 Å². The van der Waals surface area contributed by atoms with Crippen LogP contribution in [0.1, 0.15) is 290 Å². The molecule has 6 heteroatoms. The Bertz CT molecular complexity index is 1270. The molecular formula is C63H113NO5. The maximum Gasteiger partial charge on any atom is 0.306 e. The van der Waals surface area contributed by atoms with Crippen molar-refractivity contribution in [1.29, 1.82) is 0 Å². The number of amides is 1. The summed E-state index contributed by atoms with van der Waals surface area (Å²) in [7, 11) is 0. The Kier molecular flexibility index (Phi) is 54.0. The van der Waals surface area contributed by atoms with Crippen molar-refractivity contribution < 1.29 is 24.5 Å². The number of unbranched alkanes of at least 4 members (excludes halogenated alkanes) is 32. The number of ether oxygens (including phenoxy) is 1. The molecule has 0 aromatic heterocycles. The highest BCUT2D eigenvalue weighted by Crippen LogP contribution is 2.18. The van der Waals surface area contributed by atoms with E-state index in [0.717, 1.165) is 96.3 Å². The third-order valence-electron chi connectivity index (χ3n) is 13.4. The van der Waals surface area contributed by atoms with Gasteiger partial charge >= 0.3 is 5.97 Å². The number of carbonyl (C=O) groups is 2. The lowest BCUT2D eigenvalue weighted by atomic mass is 10.0. The van der Waals surface area contributed by atoms with Gasteiger partial charge in [0.05, 0.1) is 25.2 Å². The molecule has 0 fully saturated rings. The second kappa shape index (κ2) is 56.2. The Morgan fingerprint density at radius 2 is 0.797 bits per heavy atom. The number of hydrogen-bond donors (Lipinski definition) is 3. The van der Waals surface area contributed by atoms with Crippen LogP contribution >= 0.6 is 0 Å². The Morgan fingerprint density at radius 1 is 0.435 bits per heavy atom. The zero-order valence-electron chi connectivity index (χ0n) is 45.7. The fraction of sp³-hybridized carbons (Fsp3) is 0.778. The molecule has 0 saturated carbocycles. The Labute approximate surface area is 428 Å². The molecule has 0 heterocycles. The number of carbonyl (C=O) groups excluding carboxylic acids is 2. The molecule has 0 aromatic carbocycles. The minimum absolute atomic E-state index is 0.0608. The van der Waals surface area contributed by atoms with E-state index >= 15 is 0 Å². The lowest BCUT2D eigenvalue weighted by Crippen LogP contribution is -2.46. The molecule has 0 spiro atoms.